The molecule has 0 saturated heterocycles. The van der Waals surface area contributed by atoms with E-state index in [1.165, 1.54) is 19.3 Å². The van der Waals surface area contributed by atoms with Gasteiger partial charge >= 0.3 is 0 Å². The maximum Gasteiger partial charge on any atom is 0.0590 e. The second-order valence-corrected chi connectivity index (χ2v) is 4.25. The van der Waals surface area contributed by atoms with E-state index in [1.807, 2.05) is 0 Å². The lowest BCUT2D eigenvalue weighted by molar-refractivity contribution is 0.136. The molecule has 0 heterocycles. The predicted molar refractivity (Wildman–Crippen MR) is 62.7 cm³/mol. The highest BCUT2D eigenvalue weighted by molar-refractivity contribution is 4.50. The van der Waals surface area contributed by atoms with E-state index in [0.29, 0.717) is 0 Å². The van der Waals surface area contributed by atoms with Gasteiger partial charge in [0.05, 0.1) is 6.61 Å². The summed E-state index contributed by atoms with van der Waals surface area (Å²) in [4.78, 5) is 0. The van der Waals surface area contributed by atoms with E-state index in [-0.39, 0.29) is 0 Å². The highest BCUT2D eigenvalue weighted by Gasteiger charge is 1.93. The highest BCUT2D eigenvalue weighted by Crippen LogP contribution is 2.04. The number of ether oxygens (including phenoxy) is 1. The molecule has 0 aliphatic heterocycles. The molecule has 0 unspecified atom stereocenters. The van der Waals surface area contributed by atoms with Gasteiger partial charge in [-0.1, -0.05) is 33.6 Å². The molecule has 0 atom stereocenters. The van der Waals surface area contributed by atoms with Gasteiger partial charge in [0.25, 0.3) is 0 Å². The van der Waals surface area contributed by atoms with Crippen LogP contribution in [0.2, 0.25) is 0 Å². The van der Waals surface area contributed by atoms with Gasteiger partial charge in [-0.3, -0.25) is 0 Å². The van der Waals surface area contributed by atoms with Crippen molar-refractivity contribution in [2.45, 2.75) is 46.5 Å². The fourth-order valence-electron chi connectivity index (χ4n) is 1.32. The summed E-state index contributed by atoms with van der Waals surface area (Å²) in [6, 6.07) is 0. The molecule has 0 amide bonds. The van der Waals surface area contributed by atoms with Gasteiger partial charge in [-0.2, -0.15) is 0 Å². The van der Waals surface area contributed by atoms with Gasteiger partial charge in [0.15, 0.2) is 0 Å². The Morgan fingerprint density at radius 3 is 2.50 bits per heavy atom. The first-order valence-corrected chi connectivity index (χ1v) is 6.05. The summed E-state index contributed by atoms with van der Waals surface area (Å²) in [7, 11) is 0. The molecule has 2 nitrogen and oxygen atoms in total. The summed E-state index contributed by atoms with van der Waals surface area (Å²) in [5, 5.41) is 3.39. The molecule has 0 aliphatic carbocycles. The second-order valence-electron chi connectivity index (χ2n) is 4.25. The molecule has 0 rings (SSSR count). The molecular weight excluding hydrogens is 174 g/mol. The third-order valence-corrected chi connectivity index (χ3v) is 2.16. The van der Waals surface area contributed by atoms with Crippen LogP contribution in [0.4, 0.5) is 0 Å². The number of nitrogens with one attached hydrogen (secondary N) is 1. The number of unbranched alkanes of at least 4 members (excludes halogenated alkanes) is 1. The van der Waals surface area contributed by atoms with Gasteiger partial charge in [-0.25, -0.2) is 0 Å². The maximum atomic E-state index is 5.37. The lowest BCUT2D eigenvalue weighted by Gasteiger charge is -2.06. The van der Waals surface area contributed by atoms with Crippen LogP contribution in [0.1, 0.15) is 46.5 Å². The third-order valence-electron chi connectivity index (χ3n) is 2.16. The Morgan fingerprint density at radius 1 is 1.07 bits per heavy atom. The van der Waals surface area contributed by atoms with Crippen LogP contribution in [0.25, 0.3) is 0 Å². The minimum absolute atomic E-state index is 0.850. The van der Waals surface area contributed by atoms with Crippen molar-refractivity contribution in [3.8, 4) is 0 Å². The first-order chi connectivity index (χ1) is 6.77. The van der Waals surface area contributed by atoms with E-state index >= 15 is 0 Å². The summed E-state index contributed by atoms with van der Waals surface area (Å²) >= 11 is 0. The average molecular weight is 201 g/mol. The predicted octanol–water partition coefficient (Wildman–Crippen LogP) is 2.83. The molecule has 86 valence electrons. The molecule has 0 bridgehead atoms. The normalized spacial score (nSPS) is 11.1. The fourth-order valence-corrected chi connectivity index (χ4v) is 1.32. The van der Waals surface area contributed by atoms with Gasteiger partial charge in [-0.15, -0.1) is 0 Å². The Kier molecular flexibility index (Phi) is 10.9. The fraction of sp³-hybridized carbons (Fsp3) is 1.00. The molecule has 0 spiro atoms. The van der Waals surface area contributed by atoms with Crippen LogP contribution in [-0.2, 0) is 4.74 Å². The van der Waals surface area contributed by atoms with Crippen molar-refractivity contribution in [1.82, 2.24) is 5.32 Å². The lowest BCUT2D eigenvalue weighted by atomic mass is 10.1. The first-order valence-electron chi connectivity index (χ1n) is 6.05. The summed E-state index contributed by atoms with van der Waals surface area (Å²) < 4.78 is 5.37. The van der Waals surface area contributed by atoms with Crippen molar-refractivity contribution in [2.75, 3.05) is 26.3 Å². The molecule has 0 radical (unpaired) electrons. The van der Waals surface area contributed by atoms with E-state index in [1.54, 1.807) is 0 Å². The lowest BCUT2D eigenvalue weighted by Crippen LogP contribution is -2.21. The van der Waals surface area contributed by atoms with Crippen LogP contribution in [-0.4, -0.2) is 26.3 Å². The van der Waals surface area contributed by atoms with E-state index in [0.717, 1.165) is 38.6 Å². The molecule has 0 aromatic carbocycles. The van der Waals surface area contributed by atoms with E-state index in [2.05, 4.69) is 26.1 Å². The smallest absolute Gasteiger partial charge is 0.0590 e. The standard InChI is InChI=1S/C12H27NO/c1-4-10-14-11-9-13-8-6-5-7-12(2)3/h12-13H,4-11H2,1-3H3. The van der Waals surface area contributed by atoms with Crippen molar-refractivity contribution in [1.29, 1.82) is 0 Å². The second kappa shape index (κ2) is 11.0. The quantitative estimate of drug-likeness (QED) is 0.549. The largest absolute Gasteiger partial charge is 0.380 e. The summed E-state index contributed by atoms with van der Waals surface area (Å²) in [5.41, 5.74) is 0. The molecule has 0 saturated carbocycles. The number of hydrogen-bond acceptors (Lipinski definition) is 2. The van der Waals surface area contributed by atoms with Gasteiger partial charge in [0, 0.05) is 13.2 Å². The number of hydrogen-bond donors (Lipinski definition) is 1. The molecule has 0 aromatic heterocycles. The maximum absolute atomic E-state index is 5.37. The van der Waals surface area contributed by atoms with Crippen molar-refractivity contribution >= 4 is 0 Å². The zero-order chi connectivity index (χ0) is 10.6. The van der Waals surface area contributed by atoms with Crippen LogP contribution in [0.3, 0.4) is 0 Å². The summed E-state index contributed by atoms with van der Waals surface area (Å²) in [5.74, 6) is 0.850. The molecule has 1 N–H and O–H groups in total. The third kappa shape index (κ3) is 11.9. The van der Waals surface area contributed by atoms with E-state index in [4.69, 9.17) is 4.74 Å². The van der Waals surface area contributed by atoms with Crippen molar-refractivity contribution in [3.05, 3.63) is 0 Å². The molecule has 0 aliphatic rings. The summed E-state index contributed by atoms with van der Waals surface area (Å²) in [6.45, 7) is 10.6. The van der Waals surface area contributed by atoms with Crippen molar-refractivity contribution in [2.24, 2.45) is 5.92 Å². The highest BCUT2D eigenvalue weighted by atomic mass is 16.5. The van der Waals surface area contributed by atoms with Crippen LogP contribution in [0.5, 0.6) is 0 Å². The van der Waals surface area contributed by atoms with Crippen molar-refractivity contribution < 1.29 is 4.74 Å². The minimum Gasteiger partial charge on any atom is -0.380 e. The monoisotopic (exact) mass is 201 g/mol. The van der Waals surface area contributed by atoms with Gasteiger partial charge in [0.1, 0.15) is 0 Å². The van der Waals surface area contributed by atoms with Crippen LogP contribution in [0, 0.1) is 5.92 Å². The van der Waals surface area contributed by atoms with E-state index in [9.17, 15) is 0 Å². The van der Waals surface area contributed by atoms with Crippen LogP contribution >= 0.6 is 0 Å². The average Bonchev–Trinajstić information content (AvgIpc) is 2.15. The van der Waals surface area contributed by atoms with Gasteiger partial charge in [0.2, 0.25) is 0 Å². The van der Waals surface area contributed by atoms with E-state index < -0.39 is 0 Å². The summed E-state index contributed by atoms with van der Waals surface area (Å²) in [6.07, 6.45) is 5.12. The molecule has 0 fully saturated rings. The zero-order valence-electron chi connectivity index (χ0n) is 10.1. The Hall–Kier alpha value is -0.0800. The Balaban J connectivity index is 2.85. The molecule has 14 heavy (non-hydrogen) atoms. The van der Waals surface area contributed by atoms with Gasteiger partial charge < -0.3 is 10.1 Å². The minimum atomic E-state index is 0.850. The molecule has 2 heteroatoms. The van der Waals surface area contributed by atoms with Crippen LogP contribution < -0.4 is 5.32 Å². The zero-order valence-corrected chi connectivity index (χ0v) is 10.1. The van der Waals surface area contributed by atoms with Gasteiger partial charge in [-0.05, 0) is 25.3 Å². The van der Waals surface area contributed by atoms with Crippen LogP contribution in [0.15, 0.2) is 0 Å². The first kappa shape index (κ1) is 13.9. The SMILES string of the molecule is CCCOCCNCCCCC(C)C. The Bertz CT molecular complexity index is 104. The topological polar surface area (TPSA) is 21.3 Å². The number of rotatable bonds is 10. The molecule has 0 aromatic rings. The Morgan fingerprint density at radius 2 is 1.86 bits per heavy atom. The molecular formula is C12H27NO. The van der Waals surface area contributed by atoms with Crippen molar-refractivity contribution in [3.63, 3.8) is 0 Å². The Labute approximate surface area is 89.4 Å².